The van der Waals surface area contributed by atoms with Gasteiger partial charge in [0.05, 0.1) is 5.56 Å². The van der Waals surface area contributed by atoms with Crippen LogP contribution < -0.4 is 10.6 Å². The molecule has 114 valence electrons. The van der Waals surface area contributed by atoms with Crippen LogP contribution in [-0.4, -0.2) is 35.5 Å². The molecule has 0 aliphatic rings. The third kappa shape index (κ3) is 5.95. The Morgan fingerprint density at radius 3 is 2.38 bits per heavy atom. The van der Waals surface area contributed by atoms with Gasteiger partial charge in [-0.15, -0.1) is 0 Å². The fourth-order valence-electron chi connectivity index (χ4n) is 1.63. The van der Waals surface area contributed by atoms with Gasteiger partial charge in [0.2, 0.25) is 5.91 Å². The van der Waals surface area contributed by atoms with Crippen molar-refractivity contribution in [2.24, 2.45) is 0 Å². The Kier molecular flexibility index (Phi) is 6.36. The number of hydrogen-bond donors (Lipinski definition) is 3. The van der Waals surface area contributed by atoms with Gasteiger partial charge in [-0.25, -0.2) is 4.79 Å². The third-order valence-electron chi connectivity index (χ3n) is 2.49. The molecule has 1 aromatic rings. The van der Waals surface area contributed by atoms with Crippen LogP contribution in [0, 0.1) is 0 Å². The molecule has 0 bridgehead atoms. The summed E-state index contributed by atoms with van der Waals surface area (Å²) in [7, 11) is 0. The van der Waals surface area contributed by atoms with E-state index >= 15 is 0 Å². The van der Waals surface area contributed by atoms with Crippen LogP contribution in [0.25, 0.3) is 0 Å². The molecule has 0 aliphatic carbocycles. The molecule has 0 fully saturated rings. The van der Waals surface area contributed by atoms with Crippen molar-refractivity contribution in [2.75, 3.05) is 6.54 Å². The monoisotopic (exact) mass is 356 g/mol. The molecule has 2 amide bonds. The van der Waals surface area contributed by atoms with Crippen LogP contribution in [0.15, 0.2) is 22.7 Å². The van der Waals surface area contributed by atoms with Crippen LogP contribution in [-0.2, 0) is 4.79 Å². The largest absolute Gasteiger partial charge is 0.478 e. The second-order valence-corrected chi connectivity index (χ2v) is 5.68. The van der Waals surface area contributed by atoms with Crippen LogP contribution in [0.2, 0.25) is 0 Å². The quantitative estimate of drug-likeness (QED) is 0.723. The molecule has 21 heavy (non-hydrogen) atoms. The smallest absolute Gasteiger partial charge is 0.335 e. The zero-order chi connectivity index (χ0) is 16.0. The predicted octanol–water partition coefficient (Wildman–Crippen LogP) is 1.79. The van der Waals surface area contributed by atoms with E-state index in [1.165, 1.54) is 18.2 Å². The molecule has 3 N–H and O–H groups in total. The molecule has 0 saturated carbocycles. The first-order chi connectivity index (χ1) is 9.79. The van der Waals surface area contributed by atoms with Gasteiger partial charge in [-0.1, -0.05) is 15.9 Å². The number of halogens is 1. The van der Waals surface area contributed by atoms with Gasteiger partial charge in [-0.2, -0.15) is 0 Å². The predicted molar refractivity (Wildman–Crippen MR) is 81.3 cm³/mol. The summed E-state index contributed by atoms with van der Waals surface area (Å²) in [6.45, 7) is 3.89. The molecule has 1 rings (SSSR count). The first-order valence-electron chi connectivity index (χ1n) is 6.41. The maximum absolute atomic E-state index is 11.9. The van der Waals surface area contributed by atoms with E-state index in [2.05, 4.69) is 26.6 Å². The lowest BCUT2D eigenvalue weighted by Crippen LogP contribution is -2.34. The van der Waals surface area contributed by atoms with Gasteiger partial charge in [0.25, 0.3) is 5.91 Å². The van der Waals surface area contributed by atoms with E-state index in [1.807, 2.05) is 13.8 Å². The van der Waals surface area contributed by atoms with Crippen LogP contribution in [0.1, 0.15) is 41.0 Å². The zero-order valence-corrected chi connectivity index (χ0v) is 13.4. The average Bonchev–Trinajstić information content (AvgIpc) is 2.36. The number of carboxylic acids is 1. The minimum absolute atomic E-state index is 0.0204. The summed E-state index contributed by atoms with van der Waals surface area (Å²) < 4.78 is 0.505. The van der Waals surface area contributed by atoms with E-state index in [4.69, 9.17) is 5.11 Å². The molecular weight excluding hydrogens is 340 g/mol. The van der Waals surface area contributed by atoms with Crippen LogP contribution in [0.5, 0.6) is 0 Å². The fraction of sp³-hybridized carbons (Fsp3) is 0.357. The normalized spacial score (nSPS) is 10.3. The van der Waals surface area contributed by atoms with Gasteiger partial charge >= 0.3 is 5.97 Å². The van der Waals surface area contributed by atoms with Crippen LogP contribution >= 0.6 is 15.9 Å². The molecular formula is C14H17BrN2O4. The van der Waals surface area contributed by atoms with Crippen LogP contribution in [0.4, 0.5) is 0 Å². The molecule has 1 aromatic carbocycles. The van der Waals surface area contributed by atoms with Crippen molar-refractivity contribution < 1.29 is 19.5 Å². The third-order valence-corrected chi connectivity index (χ3v) is 2.95. The van der Waals surface area contributed by atoms with Gasteiger partial charge < -0.3 is 15.7 Å². The van der Waals surface area contributed by atoms with E-state index in [-0.39, 0.29) is 36.0 Å². The van der Waals surface area contributed by atoms with Crippen molar-refractivity contribution in [3.05, 3.63) is 33.8 Å². The standard InChI is InChI=1S/C14H17BrN2O4/c1-8(2)17-12(18)3-4-16-13(19)9-5-10(14(20)21)7-11(15)6-9/h5-8H,3-4H2,1-2H3,(H,16,19)(H,17,18)(H,20,21). The molecule has 0 spiro atoms. The van der Waals surface area contributed by atoms with Gasteiger partial charge in [0.1, 0.15) is 0 Å². The highest BCUT2D eigenvalue weighted by atomic mass is 79.9. The van der Waals surface area contributed by atoms with E-state index in [9.17, 15) is 14.4 Å². The number of carbonyl (C=O) groups excluding carboxylic acids is 2. The molecule has 7 heteroatoms. The Hall–Kier alpha value is -1.89. The van der Waals surface area contributed by atoms with Crippen molar-refractivity contribution in [3.63, 3.8) is 0 Å². The highest BCUT2D eigenvalue weighted by Gasteiger charge is 2.12. The number of hydrogen-bond acceptors (Lipinski definition) is 3. The molecule has 0 atom stereocenters. The highest BCUT2D eigenvalue weighted by Crippen LogP contribution is 2.16. The van der Waals surface area contributed by atoms with Crippen LogP contribution in [0.3, 0.4) is 0 Å². The Morgan fingerprint density at radius 2 is 1.81 bits per heavy atom. The summed E-state index contributed by atoms with van der Waals surface area (Å²) in [4.78, 5) is 34.3. The van der Waals surface area contributed by atoms with Gasteiger partial charge in [0, 0.05) is 29.0 Å². The Morgan fingerprint density at radius 1 is 1.19 bits per heavy atom. The maximum atomic E-state index is 11.9. The van der Waals surface area contributed by atoms with Gasteiger partial charge in [0.15, 0.2) is 0 Å². The summed E-state index contributed by atoms with van der Waals surface area (Å²) >= 11 is 3.16. The minimum Gasteiger partial charge on any atom is -0.478 e. The Balaban J connectivity index is 2.60. The summed E-state index contributed by atoms with van der Waals surface area (Å²) in [5.41, 5.74) is 0.248. The lowest BCUT2D eigenvalue weighted by Gasteiger charge is -2.09. The van der Waals surface area contributed by atoms with E-state index < -0.39 is 11.9 Å². The lowest BCUT2D eigenvalue weighted by atomic mass is 10.1. The second-order valence-electron chi connectivity index (χ2n) is 4.76. The van der Waals surface area contributed by atoms with Crippen molar-refractivity contribution in [1.29, 1.82) is 0 Å². The maximum Gasteiger partial charge on any atom is 0.335 e. The van der Waals surface area contributed by atoms with Crippen molar-refractivity contribution in [2.45, 2.75) is 26.3 Å². The Labute approximate surface area is 131 Å². The second kappa shape index (κ2) is 7.78. The molecule has 0 aliphatic heterocycles. The summed E-state index contributed by atoms with van der Waals surface area (Å²) in [6, 6.07) is 4.28. The molecule has 6 nitrogen and oxygen atoms in total. The molecule has 0 radical (unpaired) electrons. The topological polar surface area (TPSA) is 95.5 Å². The fourth-order valence-corrected chi connectivity index (χ4v) is 2.12. The Bertz CT molecular complexity index is 558. The number of carboxylic acid groups (broad SMARTS) is 1. The molecule has 0 unspecified atom stereocenters. The first-order valence-corrected chi connectivity index (χ1v) is 7.20. The molecule has 0 heterocycles. The van der Waals surface area contributed by atoms with Crippen molar-refractivity contribution in [3.8, 4) is 0 Å². The SMILES string of the molecule is CC(C)NC(=O)CCNC(=O)c1cc(Br)cc(C(=O)O)c1. The number of carbonyl (C=O) groups is 3. The average molecular weight is 357 g/mol. The van der Waals surface area contributed by atoms with E-state index in [1.54, 1.807) is 0 Å². The summed E-state index contributed by atoms with van der Waals surface area (Å²) in [6.07, 6.45) is 0.170. The number of aromatic carboxylic acids is 1. The summed E-state index contributed by atoms with van der Waals surface area (Å²) in [5.74, 6) is -1.68. The molecule has 0 saturated heterocycles. The number of amides is 2. The van der Waals surface area contributed by atoms with E-state index in [0.29, 0.717) is 4.47 Å². The highest BCUT2D eigenvalue weighted by molar-refractivity contribution is 9.10. The lowest BCUT2D eigenvalue weighted by molar-refractivity contribution is -0.121. The minimum atomic E-state index is -1.11. The molecule has 0 aromatic heterocycles. The number of benzene rings is 1. The van der Waals surface area contributed by atoms with Crippen molar-refractivity contribution in [1.82, 2.24) is 10.6 Å². The number of rotatable bonds is 6. The number of nitrogens with one attached hydrogen (secondary N) is 2. The van der Waals surface area contributed by atoms with Gasteiger partial charge in [-0.3, -0.25) is 9.59 Å². The van der Waals surface area contributed by atoms with Gasteiger partial charge in [-0.05, 0) is 32.0 Å². The van der Waals surface area contributed by atoms with E-state index in [0.717, 1.165) is 0 Å². The van der Waals surface area contributed by atoms with Crippen molar-refractivity contribution >= 4 is 33.7 Å². The first kappa shape index (κ1) is 17.2. The zero-order valence-electron chi connectivity index (χ0n) is 11.8. The summed E-state index contributed by atoms with van der Waals surface area (Å²) in [5, 5.41) is 14.2.